The van der Waals surface area contributed by atoms with Crippen LogP contribution in [0.4, 0.5) is 0 Å². The quantitative estimate of drug-likeness (QED) is 0.810. The lowest BCUT2D eigenvalue weighted by molar-refractivity contribution is 0.0939. The average molecular weight is 374 g/mol. The summed E-state index contributed by atoms with van der Waals surface area (Å²) in [4.78, 5) is 12.5. The summed E-state index contributed by atoms with van der Waals surface area (Å²) >= 11 is 0. The smallest absolute Gasteiger partial charge is 0.251 e. The zero-order valence-electron chi connectivity index (χ0n) is 14.6. The van der Waals surface area contributed by atoms with Crippen LogP contribution in [0.3, 0.4) is 0 Å². The lowest BCUT2D eigenvalue weighted by Gasteiger charge is -2.25. The predicted molar refractivity (Wildman–Crippen MR) is 98.8 cm³/mol. The van der Waals surface area contributed by atoms with Crippen LogP contribution in [0.15, 0.2) is 53.4 Å². The highest BCUT2D eigenvalue weighted by atomic mass is 32.2. The number of rotatable bonds is 6. The minimum absolute atomic E-state index is 0.0851. The molecule has 2 aromatic carbocycles. The third kappa shape index (κ3) is 4.23. The molecular formula is C19H22N2O4S. The van der Waals surface area contributed by atoms with Crippen molar-refractivity contribution in [3.63, 3.8) is 0 Å². The van der Waals surface area contributed by atoms with Gasteiger partial charge >= 0.3 is 0 Å². The van der Waals surface area contributed by atoms with Crippen LogP contribution >= 0.6 is 0 Å². The molecule has 0 aromatic heterocycles. The summed E-state index contributed by atoms with van der Waals surface area (Å²) in [5.41, 5.74) is 1.46. The molecule has 6 nitrogen and oxygen atoms in total. The van der Waals surface area contributed by atoms with Gasteiger partial charge in [0, 0.05) is 24.6 Å². The molecule has 3 rings (SSSR count). The molecule has 0 fully saturated rings. The summed E-state index contributed by atoms with van der Waals surface area (Å²) in [6.45, 7) is 3.02. The van der Waals surface area contributed by atoms with Gasteiger partial charge in [-0.05, 0) is 36.2 Å². The van der Waals surface area contributed by atoms with Crippen LogP contribution in [0.1, 0.15) is 22.8 Å². The molecule has 1 unspecified atom stereocenters. The first-order valence-electron chi connectivity index (χ1n) is 8.58. The van der Waals surface area contributed by atoms with Crippen molar-refractivity contribution in [3.05, 3.63) is 59.7 Å². The van der Waals surface area contributed by atoms with Gasteiger partial charge in [-0.25, -0.2) is 13.1 Å². The molecular weight excluding hydrogens is 352 g/mol. The number of nitrogens with one attached hydrogen (secondary N) is 2. The monoisotopic (exact) mass is 374 g/mol. The highest BCUT2D eigenvalue weighted by molar-refractivity contribution is 7.89. The fourth-order valence-electron chi connectivity index (χ4n) is 2.94. The van der Waals surface area contributed by atoms with Crippen molar-refractivity contribution in [2.45, 2.75) is 18.2 Å². The fraction of sp³-hybridized carbons (Fsp3) is 0.316. The van der Waals surface area contributed by atoms with Crippen molar-refractivity contribution in [1.29, 1.82) is 0 Å². The van der Waals surface area contributed by atoms with Crippen molar-refractivity contribution in [2.24, 2.45) is 5.92 Å². The summed E-state index contributed by atoms with van der Waals surface area (Å²) < 4.78 is 32.3. The molecule has 26 heavy (non-hydrogen) atoms. The molecule has 2 N–H and O–H groups in total. The van der Waals surface area contributed by atoms with Gasteiger partial charge in [-0.3, -0.25) is 4.79 Å². The number of para-hydroxylation sites is 1. The minimum atomic E-state index is -3.59. The lowest BCUT2D eigenvalue weighted by Crippen LogP contribution is -2.35. The van der Waals surface area contributed by atoms with Crippen LogP contribution < -0.4 is 14.8 Å². The molecule has 1 amide bonds. The number of fused-ring (bicyclic) bond motifs is 1. The highest BCUT2D eigenvalue weighted by Crippen LogP contribution is 2.26. The number of benzene rings is 2. The zero-order valence-corrected chi connectivity index (χ0v) is 15.4. The third-order valence-corrected chi connectivity index (χ3v) is 5.79. The summed E-state index contributed by atoms with van der Waals surface area (Å²) in [6, 6.07) is 13.9. The summed E-state index contributed by atoms with van der Waals surface area (Å²) in [5, 5.41) is 2.88. The molecule has 2 aromatic rings. The van der Waals surface area contributed by atoms with Crippen LogP contribution in [0.5, 0.6) is 5.75 Å². The van der Waals surface area contributed by atoms with E-state index in [0.717, 1.165) is 17.7 Å². The Kier molecular flexibility index (Phi) is 5.58. The first-order chi connectivity index (χ1) is 12.5. The van der Waals surface area contributed by atoms with E-state index < -0.39 is 10.0 Å². The zero-order chi connectivity index (χ0) is 18.6. The Balaban J connectivity index is 1.63. The topological polar surface area (TPSA) is 84.5 Å². The number of amides is 1. The van der Waals surface area contributed by atoms with Gasteiger partial charge in [0.1, 0.15) is 5.75 Å². The van der Waals surface area contributed by atoms with Crippen molar-refractivity contribution < 1.29 is 17.9 Å². The van der Waals surface area contributed by atoms with Crippen molar-refractivity contribution in [1.82, 2.24) is 10.0 Å². The molecule has 7 heteroatoms. The molecule has 0 bridgehead atoms. The maximum atomic E-state index is 12.4. The first kappa shape index (κ1) is 18.4. The van der Waals surface area contributed by atoms with E-state index in [4.69, 9.17) is 4.74 Å². The van der Waals surface area contributed by atoms with E-state index in [-0.39, 0.29) is 16.7 Å². The van der Waals surface area contributed by atoms with E-state index in [0.29, 0.717) is 25.3 Å². The molecule has 1 aliphatic rings. The third-order valence-electron chi connectivity index (χ3n) is 4.25. The van der Waals surface area contributed by atoms with Gasteiger partial charge in [-0.15, -0.1) is 0 Å². The lowest BCUT2D eigenvalue weighted by atomic mass is 9.96. The van der Waals surface area contributed by atoms with E-state index in [1.807, 2.05) is 24.3 Å². The molecule has 0 spiro atoms. The second kappa shape index (κ2) is 7.88. The Hall–Kier alpha value is -2.38. The minimum Gasteiger partial charge on any atom is -0.493 e. The van der Waals surface area contributed by atoms with Crippen LogP contribution in [-0.2, 0) is 16.4 Å². The van der Waals surface area contributed by atoms with Crippen LogP contribution in [0.2, 0.25) is 0 Å². The van der Waals surface area contributed by atoms with Gasteiger partial charge in [-0.1, -0.05) is 31.2 Å². The molecule has 1 heterocycles. The van der Waals surface area contributed by atoms with E-state index in [9.17, 15) is 13.2 Å². The van der Waals surface area contributed by atoms with E-state index in [2.05, 4.69) is 10.0 Å². The Morgan fingerprint density at radius 2 is 2.00 bits per heavy atom. The predicted octanol–water partition coefficient (Wildman–Crippen LogP) is 1.97. The van der Waals surface area contributed by atoms with Gasteiger partial charge in [0.2, 0.25) is 10.0 Å². The second-order valence-electron chi connectivity index (χ2n) is 6.23. The molecule has 1 aliphatic heterocycles. The number of hydrogen-bond acceptors (Lipinski definition) is 4. The molecule has 0 aliphatic carbocycles. The van der Waals surface area contributed by atoms with Crippen molar-refractivity contribution in [3.8, 4) is 5.75 Å². The van der Waals surface area contributed by atoms with E-state index in [1.54, 1.807) is 19.1 Å². The van der Waals surface area contributed by atoms with Crippen molar-refractivity contribution in [2.75, 3.05) is 19.7 Å². The normalized spacial score (nSPS) is 16.4. The Morgan fingerprint density at radius 1 is 1.19 bits per heavy atom. The molecule has 0 saturated carbocycles. The Bertz CT molecular complexity index is 896. The van der Waals surface area contributed by atoms with Crippen LogP contribution in [0.25, 0.3) is 0 Å². The molecule has 0 radical (unpaired) electrons. The fourth-order valence-corrected chi connectivity index (χ4v) is 4.03. The number of ether oxygens (including phenoxy) is 1. The van der Waals surface area contributed by atoms with Gasteiger partial charge in [0.25, 0.3) is 5.91 Å². The number of sulfonamides is 1. The van der Waals surface area contributed by atoms with Gasteiger partial charge in [0.05, 0.1) is 11.5 Å². The van der Waals surface area contributed by atoms with Crippen molar-refractivity contribution >= 4 is 15.9 Å². The molecule has 1 atom stereocenters. The first-order valence-corrected chi connectivity index (χ1v) is 10.1. The standard InChI is InChI=1S/C19H22N2O4S/c1-2-21-26(23,24)17-8-5-7-16(11-17)19(22)20-12-14-10-15-6-3-4-9-18(15)25-13-14/h3-9,11,14,21H,2,10,12-13H2,1H3,(H,20,22). The maximum absolute atomic E-state index is 12.4. The van der Waals surface area contributed by atoms with E-state index in [1.165, 1.54) is 12.1 Å². The SMILES string of the molecule is CCNS(=O)(=O)c1cccc(C(=O)NCC2COc3ccccc3C2)c1. The largest absolute Gasteiger partial charge is 0.493 e. The van der Waals surface area contributed by atoms with Crippen LogP contribution in [0, 0.1) is 5.92 Å². The Morgan fingerprint density at radius 3 is 2.81 bits per heavy atom. The molecule has 0 saturated heterocycles. The van der Waals surface area contributed by atoms with Crippen LogP contribution in [-0.4, -0.2) is 34.0 Å². The van der Waals surface area contributed by atoms with E-state index >= 15 is 0 Å². The summed E-state index contributed by atoms with van der Waals surface area (Å²) in [7, 11) is -3.59. The maximum Gasteiger partial charge on any atom is 0.251 e. The summed E-state index contributed by atoms with van der Waals surface area (Å²) in [5.74, 6) is 0.788. The number of hydrogen-bond donors (Lipinski definition) is 2. The summed E-state index contributed by atoms with van der Waals surface area (Å²) in [6.07, 6.45) is 0.839. The van der Waals surface area contributed by atoms with Gasteiger partial charge in [0.15, 0.2) is 0 Å². The number of carbonyl (C=O) groups excluding carboxylic acids is 1. The second-order valence-corrected chi connectivity index (χ2v) is 8.00. The Labute approximate surface area is 153 Å². The molecule has 138 valence electrons. The van der Waals surface area contributed by atoms with Gasteiger partial charge < -0.3 is 10.1 Å². The average Bonchev–Trinajstić information content (AvgIpc) is 2.66. The van der Waals surface area contributed by atoms with Gasteiger partial charge in [-0.2, -0.15) is 0 Å². The highest BCUT2D eigenvalue weighted by Gasteiger charge is 2.21. The number of carbonyl (C=O) groups is 1.